The number of carbonyl (C=O) groups excluding carboxylic acids is 2. The van der Waals surface area contributed by atoms with Gasteiger partial charge in [-0.1, -0.05) is 16.6 Å². The average molecular weight is 426 g/mol. The van der Waals surface area contributed by atoms with Crippen molar-refractivity contribution in [2.45, 2.75) is 12.8 Å². The van der Waals surface area contributed by atoms with Crippen LogP contribution >= 0.6 is 11.5 Å². The van der Waals surface area contributed by atoms with Crippen LogP contribution in [0.5, 0.6) is 11.5 Å². The summed E-state index contributed by atoms with van der Waals surface area (Å²) in [5.41, 5.74) is 0.980. The molecule has 9 heteroatoms. The van der Waals surface area contributed by atoms with E-state index in [1.54, 1.807) is 52.7 Å². The zero-order chi connectivity index (χ0) is 20.9. The second kappa shape index (κ2) is 9.00. The zero-order valence-electron chi connectivity index (χ0n) is 16.0. The van der Waals surface area contributed by atoms with Gasteiger partial charge in [-0.25, -0.2) is 4.39 Å². The summed E-state index contributed by atoms with van der Waals surface area (Å²) in [6.07, 6.45) is 1.17. The number of benzene rings is 2. The van der Waals surface area contributed by atoms with Crippen molar-refractivity contribution in [1.29, 1.82) is 0 Å². The third kappa shape index (κ3) is 4.62. The molecule has 1 fully saturated rings. The summed E-state index contributed by atoms with van der Waals surface area (Å²) in [4.78, 5) is 26.6. The van der Waals surface area contributed by atoms with E-state index in [0.717, 1.165) is 11.5 Å². The Kier molecular flexibility index (Phi) is 5.99. The fourth-order valence-corrected chi connectivity index (χ4v) is 3.70. The number of nitrogens with zero attached hydrogens (tertiary/aromatic N) is 3. The molecule has 0 atom stereocenters. The van der Waals surface area contributed by atoms with Crippen molar-refractivity contribution in [3.63, 3.8) is 0 Å². The Morgan fingerprint density at radius 3 is 2.50 bits per heavy atom. The summed E-state index contributed by atoms with van der Waals surface area (Å²) in [7, 11) is 0. The van der Waals surface area contributed by atoms with Gasteiger partial charge >= 0.3 is 0 Å². The molecule has 7 nitrogen and oxygen atoms in total. The van der Waals surface area contributed by atoms with Gasteiger partial charge in [-0.3, -0.25) is 9.59 Å². The monoisotopic (exact) mass is 426 g/mol. The molecule has 2 heterocycles. The fraction of sp³-hybridized carbons (Fsp3) is 0.238. The lowest BCUT2D eigenvalue weighted by Gasteiger charge is -2.30. The number of halogens is 1. The van der Waals surface area contributed by atoms with Crippen LogP contribution in [0.3, 0.4) is 0 Å². The Morgan fingerprint density at radius 1 is 1.10 bits per heavy atom. The number of piperidine rings is 1. The van der Waals surface area contributed by atoms with E-state index in [1.165, 1.54) is 6.07 Å². The van der Waals surface area contributed by atoms with Crippen LogP contribution < -0.4 is 10.1 Å². The minimum Gasteiger partial charge on any atom is -0.454 e. The van der Waals surface area contributed by atoms with E-state index in [1.807, 2.05) is 0 Å². The SMILES string of the molecule is O=C(Nc1ccc(Oc2ccccc2F)cc1)C1CCN(C(=O)c2csnn2)CC1. The van der Waals surface area contributed by atoms with Crippen molar-refractivity contribution in [2.24, 2.45) is 5.92 Å². The van der Waals surface area contributed by atoms with E-state index in [0.29, 0.717) is 43.1 Å². The predicted octanol–water partition coefficient (Wildman–Crippen LogP) is 3.96. The molecule has 0 saturated carbocycles. The minimum absolute atomic E-state index is 0.0832. The molecule has 0 spiro atoms. The van der Waals surface area contributed by atoms with E-state index in [2.05, 4.69) is 14.9 Å². The van der Waals surface area contributed by atoms with E-state index >= 15 is 0 Å². The lowest BCUT2D eigenvalue weighted by atomic mass is 9.95. The summed E-state index contributed by atoms with van der Waals surface area (Å²) in [5.74, 6) is -0.221. The average Bonchev–Trinajstić information content (AvgIpc) is 3.31. The highest BCUT2D eigenvalue weighted by atomic mass is 32.1. The third-order valence-corrected chi connectivity index (χ3v) is 5.42. The number of amides is 2. The summed E-state index contributed by atoms with van der Waals surface area (Å²) >= 11 is 1.14. The molecular formula is C21H19FN4O3S. The zero-order valence-corrected chi connectivity index (χ0v) is 16.8. The minimum atomic E-state index is -0.439. The van der Waals surface area contributed by atoms with Crippen molar-refractivity contribution in [2.75, 3.05) is 18.4 Å². The van der Waals surface area contributed by atoms with Gasteiger partial charge in [0, 0.05) is 30.1 Å². The lowest BCUT2D eigenvalue weighted by molar-refractivity contribution is -0.121. The highest BCUT2D eigenvalue weighted by Crippen LogP contribution is 2.26. The summed E-state index contributed by atoms with van der Waals surface area (Å²) < 4.78 is 22.9. The summed E-state index contributed by atoms with van der Waals surface area (Å²) in [6, 6.07) is 12.9. The first kappa shape index (κ1) is 20.0. The molecule has 154 valence electrons. The Labute approximate surface area is 176 Å². The molecule has 1 saturated heterocycles. The maximum absolute atomic E-state index is 13.7. The van der Waals surface area contributed by atoms with Gasteiger partial charge in [0.2, 0.25) is 5.91 Å². The second-order valence-corrected chi connectivity index (χ2v) is 7.51. The van der Waals surface area contributed by atoms with Gasteiger partial charge in [-0.2, -0.15) is 0 Å². The first-order chi connectivity index (χ1) is 14.6. The topological polar surface area (TPSA) is 84.4 Å². The Balaban J connectivity index is 1.29. The molecular weight excluding hydrogens is 407 g/mol. The van der Waals surface area contributed by atoms with Gasteiger partial charge in [-0.05, 0) is 60.8 Å². The van der Waals surface area contributed by atoms with Crippen molar-refractivity contribution < 1.29 is 18.7 Å². The van der Waals surface area contributed by atoms with E-state index in [9.17, 15) is 14.0 Å². The van der Waals surface area contributed by atoms with E-state index in [4.69, 9.17) is 4.74 Å². The second-order valence-electron chi connectivity index (χ2n) is 6.90. The van der Waals surface area contributed by atoms with Gasteiger partial charge in [-0.15, -0.1) is 5.10 Å². The Morgan fingerprint density at radius 2 is 1.83 bits per heavy atom. The van der Waals surface area contributed by atoms with Crippen molar-refractivity contribution in [3.8, 4) is 11.5 Å². The first-order valence-corrected chi connectivity index (χ1v) is 10.3. The maximum atomic E-state index is 13.7. The van der Waals surface area contributed by atoms with E-state index < -0.39 is 5.82 Å². The van der Waals surface area contributed by atoms with Gasteiger partial charge in [0.15, 0.2) is 17.3 Å². The number of anilines is 1. The first-order valence-electron chi connectivity index (χ1n) is 9.50. The Hall–Kier alpha value is -3.33. The molecule has 0 bridgehead atoms. The van der Waals surface area contributed by atoms with Crippen LogP contribution in [0.25, 0.3) is 0 Å². The molecule has 1 aromatic heterocycles. The normalized spacial score (nSPS) is 14.4. The van der Waals surface area contributed by atoms with Gasteiger partial charge in [0.1, 0.15) is 5.75 Å². The van der Waals surface area contributed by atoms with Crippen LogP contribution in [0.15, 0.2) is 53.9 Å². The van der Waals surface area contributed by atoms with Crippen LogP contribution in [0.2, 0.25) is 0 Å². The smallest absolute Gasteiger partial charge is 0.275 e. The van der Waals surface area contributed by atoms with Crippen molar-refractivity contribution in [1.82, 2.24) is 14.5 Å². The van der Waals surface area contributed by atoms with Crippen molar-refractivity contribution >= 4 is 29.0 Å². The number of nitrogens with one attached hydrogen (secondary N) is 1. The molecule has 2 amide bonds. The van der Waals surface area contributed by atoms with Crippen LogP contribution in [0.4, 0.5) is 10.1 Å². The molecule has 0 radical (unpaired) electrons. The molecule has 0 unspecified atom stereocenters. The fourth-order valence-electron chi connectivity index (χ4n) is 3.27. The highest BCUT2D eigenvalue weighted by molar-refractivity contribution is 7.03. The number of aromatic nitrogens is 2. The standard InChI is InChI=1S/C21H19FN4O3S/c22-17-3-1-2-4-19(17)29-16-7-5-15(6-8-16)23-20(27)14-9-11-26(12-10-14)21(28)18-13-30-25-24-18/h1-8,13-14H,9-12H2,(H,23,27). The molecule has 30 heavy (non-hydrogen) atoms. The molecule has 1 N–H and O–H groups in total. The number of ether oxygens (including phenoxy) is 1. The molecule has 1 aliphatic rings. The van der Waals surface area contributed by atoms with E-state index in [-0.39, 0.29) is 23.5 Å². The maximum Gasteiger partial charge on any atom is 0.275 e. The quantitative estimate of drug-likeness (QED) is 0.668. The van der Waals surface area contributed by atoms with Gasteiger partial charge in [0.25, 0.3) is 5.91 Å². The van der Waals surface area contributed by atoms with Crippen LogP contribution in [-0.2, 0) is 4.79 Å². The van der Waals surface area contributed by atoms with Crippen molar-refractivity contribution in [3.05, 3.63) is 65.4 Å². The van der Waals surface area contributed by atoms with Crippen LogP contribution in [-0.4, -0.2) is 39.4 Å². The van der Waals surface area contributed by atoms with Crippen LogP contribution in [0.1, 0.15) is 23.3 Å². The molecule has 3 aromatic rings. The largest absolute Gasteiger partial charge is 0.454 e. The summed E-state index contributed by atoms with van der Waals surface area (Å²) in [5, 5.41) is 8.33. The van der Waals surface area contributed by atoms with Gasteiger partial charge in [0.05, 0.1) is 0 Å². The number of hydrogen-bond acceptors (Lipinski definition) is 6. The third-order valence-electron chi connectivity index (χ3n) is 4.92. The van der Waals surface area contributed by atoms with Crippen LogP contribution in [0, 0.1) is 11.7 Å². The molecule has 1 aliphatic heterocycles. The molecule has 2 aromatic carbocycles. The molecule has 4 rings (SSSR count). The summed E-state index contributed by atoms with van der Waals surface area (Å²) in [6.45, 7) is 1.01. The number of para-hydroxylation sites is 1. The number of carbonyl (C=O) groups is 2. The lowest BCUT2D eigenvalue weighted by Crippen LogP contribution is -2.41. The molecule has 0 aliphatic carbocycles. The number of hydrogen-bond donors (Lipinski definition) is 1. The predicted molar refractivity (Wildman–Crippen MR) is 110 cm³/mol. The van der Waals surface area contributed by atoms with Gasteiger partial charge < -0.3 is 15.0 Å². The highest BCUT2D eigenvalue weighted by Gasteiger charge is 2.28. The number of rotatable bonds is 5. The number of likely N-dealkylation sites (tertiary alicyclic amines) is 1. The Bertz CT molecular complexity index is 1020.